The fourth-order valence-corrected chi connectivity index (χ4v) is 5.93. The number of hydrogen-bond donors (Lipinski definition) is 0. The SMILES string of the molecule is [C-]#[N+]C[C@H]1CN(c2nc(OCC3CC3CN(C)C)nc3c2CCN(c2cccc(Cl)c2F)C3)CCN1C(=O)C=C. The third-order valence-corrected chi connectivity index (χ3v) is 8.22. The van der Waals surface area contributed by atoms with Crippen molar-refractivity contribution in [1.29, 1.82) is 0 Å². The van der Waals surface area contributed by atoms with E-state index in [0.717, 1.165) is 30.0 Å². The summed E-state index contributed by atoms with van der Waals surface area (Å²) in [7, 11) is 4.15. The number of nitrogens with zero attached hydrogens (tertiary/aromatic N) is 7. The van der Waals surface area contributed by atoms with Crippen LogP contribution >= 0.6 is 11.6 Å². The standard InChI is InChI=1S/C29H35ClFN7O2/c1-5-26(39)38-12-11-37(16-21(38)14-32-2)28-22-9-10-36(25-8-6-7-23(30)27(25)31)17-24(22)33-29(34-28)40-18-20-13-19(20)15-35(3)4/h5-8,19-21H,1,9-18H2,3-4H3/t19?,20?,21-/m0/s1. The molecule has 40 heavy (non-hydrogen) atoms. The quantitative estimate of drug-likeness (QED) is 0.339. The van der Waals surface area contributed by atoms with E-state index in [0.29, 0.717) is 69.3 Å². The highest BCUT2D eigenvalue weighted by molar-refractivity contribution is 6.31. The van der Waals surface area contributed by atoms with Gasteiger partial charge in [0.05, 0.1) is 29.6 Å². The number of halogens is 2. The number of aromatic nitrogens is 2. The highest BCUT2D eigenvalue weighted by Gasteiger charge is 2.39. The van der Waals surface area contributed by atoms with Gasteiger partial charge < -0.3 is 29.2 Å². The van der Waals surface area contributed by atoms with Gasteiger partial charge in [0, 0.05) is 38.3 Å². The average Bonchev–Trinajstić information content (AvgIpc) is 3.69. The van der Waals surface area contributed by atoms with Crippen LogP contribution in [0.25, 0.3) is 4.85 Å². The molecule has 9 nitrogen and oxygen atoms in total. The normalized spacial score (nSPS) is 22.1. The lowest BCUT2D eigenvalue weighted by Crippen LogP contribution is -2.56. The summed E-state index contributed by atoms with van der Waals surface area (Å²) in [5.74, 6) is 1.24. The number of rotatable bonds is 9. The molecular weight excluding hydrogens is 533 g/mol. The van der Waals surface area contributed by atoms with Gasteiger partial charge in [-0.2, -0.15) is 9.97 Å². The highest BCUT2D eigenvalue weighted by atomic mass is 35.5. The van der Waals surface area contributed by atoms with Crippen LogP contribution in [0.1, 0.15) is 17.7 Å². The second-order valence-corrected chi connectivity index (χ2v) is 11.4. The number of amides is 1. The number of ether oxygens (including phenoxy) is 1. The monoisotopic (exact) mass is 567 g/mol. The highest BCUT2D eigenvalue weighted by Crippen LogP contribution is 2.39. The molecule has 3 aliphatic rings. The average molecular weight is 568 g/mol. The molecule has 2 unspecified atom stereocenters. The van der Waals surface area contributed by atoms with E-state index in [2.05, 4.69) is 35.3 Å². The van der Waals surface area contributed by atoms with Gasteiger partial charge >= 0.3 is 6.01 Å². The van der Waals surface area contributed by atoms with Crippen LogP contribution in [0.4, 0.5) is 15.9 Å². The van der Waals surface area contributed by atoms with E-state index < -0.39 is 5.82 Å². The molecule has 1 saturated carbocycles. The molecule has 0 radical (unpaired) electrons. The Morgan fingerprint density at radius 3 is 2.85 bits per heavy atom. The van der Waals surface area contributed by atoms with Crippen molar-refractivity contribution in [2.45, 2.75) is 25.4 Å². The van der Waals surface area contributed by atoms with Gasteiger partial charge in [-0.15, -0.1) is 0 Å². The first kappa shape index (κ1) is 28.1. The first-order chi connectivity index (χ1) is 19.3. The summed E-state index contributed by atoms with van der Waals surface area (Å²) in [5.41, 5.74) is 2.23. The van der Waals surface area contributed by atoms with Crippen LogP contribution in [-0.2, 0) is 17.8 Å². The molecule has 3 atom stereocenters. The maximum absolute atomic E-state index is 14.9. The van der Waals surface area contributed by atoms with Crippen LogP contribution in [0.2, 0.25) is 5.02 Å². The van der Waals surface area contributed by atoms with Gasteiger partial charge in [0.1, 0.15) is 11.9 Å². The van der Waals surface area contributed by atoms with Crippen LogP contribution in [-0.4, -0.2) is 91.7 Å². The van der Waals surface area contributed by atoms with Gasteiger partial charge in [-0.05, 0) is 57.0 Å². The summed E-state index contributed by atoms with van der Waals surface area (Å²) in [5, 5.41) is 0.0881. The molecule has 2 aliphatic heterocycles. The first-order valence-electron chi connectivity index (χ1n) is 13.7. The van der Waals surface area contributed by atoms with Crippen LogP contribution < -0.4 is 14.5 Å². The van der Waals surface area contributed by atoms with Gasteiger partial charge in [-0.1, -0.05) is 24.2 Å². The number of anilines is 2. The minimum atomic E-state index is -0.441. The third kappa shape index (κ3) is 6.01. The van der Waals surface area contributed by atoms with E-state index >= 15 is 0 Å². The van der Waals surface area contributed by atoms with Crippen molar-refractivity contribution < 1.29 is 13.9 Å². The Kier molecular flexibility index (Phi) is 8.43. The summed E-state index contributed by atoms with van der Waals surface area (Å²) in [6, 6.07) is 5.06. The maximum atomic E-state index is 14.9. The summed E-state index contributed by atoms with van der Waals surface area (Å²) in [6.07, 6.45) is 3.04. The largest absolute Gasteiger partial charge is 0.463 e. The number of carbonyl (C=O) groups excluding carboxylic acids is 1. The second kappa shape index (κ2) is 12.0. The van der Waals surface area contributed by atoms with Gasteiger partial charge in [0.2, 0.25) is 12.5 Å². The van der Waals surface area contributed by atoms with Crippen molar-refractivity contribution in [3.05, 3.63) is 64.4 Å². The topological polar surface area (TPSA) is 69.4 Å². The molecule has 3 heterocycles. The lowest BCUT2D eigenvalue weighted by Gasteiger charge is -2.41. The smallest absolute Gasteiger partial charge is 0.318 e. The molecule has 2 fully saturated rings. The van der Waals surface area contributed by atoms with Crippen LogP contribution in [0.15, 0.2) is 30.9 Å². The van der Waals surface area contributed by atoms with E-state index in [1.165, 1.54) is 6.08 Å². The molecule has 1 aromatic heterocycles. The van der Waals surface area contributed by atoms with E-state index in [4.69, 9.17) is 32.9 Å². The van der Waals surface area contributed by atoms with E-state index in [1.807, 2.05) is 4.90 Å². The molecule has 2 aromatic rings. The Bertz CT molecular complexity index is 1320. The Balaban J connectivity index is 1.42. The van der Waals surface area contributed by atoms with Crippen molar-refractivity contribution in [3.8, 4) is 6.01 Å². The number of benzene rings is 1. The molecule has 0 spiro atoms. The molecule has 1 aromatic carbocycles. The lowest BCUT2D eigenvalue weighted by atomic mass is 10.0. The van der Waals surface area contributed by atoms with E-state index in [-0.39, 0.29) is 23.5 Å². The number of fused-ring (bicyclic) bond motifs is 1. The zero-order valence-corrected chi connectivity index (χ0v) is 23.8. The van der Waals surface area contributed by atoms with Gasteiger partial charge in [0.15, 0.2) is 5.82 Å². The van der Waals surface area contributed by atoms with Gasteiger partial charge in [-0.25, -0.2) is 11.0 Å². The zero-order valence-electron chi connectivity index (χ0n) is 23.0. The molecular formula is C29H35ClFN7O2. The van der Waals surface area contributed by atoms with Crippen LogP contribution in [0, 0.1) is 24.2 Å². The van der Waals surface area contributed by atoms with Crippen molar-refractivity contribution in [1.82, 2.24) is 19.8 Å². The summed E-state index contributed by atoms with van der Waals surface area (Å²) < 4.78 is 21.1. The van der Waals surface area contributed by atoms with Crippen LogP contribution in [0.3, 0.4) is 0 Å². The molecule has 11 heteroatoms. The maximum Gasteiger partial charge on any atom is 0.318 e. The molecule has 1 amide bonds. The molecule has 0 bridgehead atoms. The van der Waals surface area contributed by atoms with Crippen molar-refractivity contribution >= 4 is 29.0 Å². The van der Waals surface area contributed by atoms with Gasteiger partial charge in [-0.3, -0.25) is 4.79 Å². The molecule has 212 valence electrons. The molecule has 0 N–H and O–H groups in total. The Labute approximate surface area is 240 Å². The third-order valence-electron chi connectivity index (χ3n) is 7.93. The van der Waals surface area contributed by atoms with Crippen molar-refractivity contribution in [3.63, 3.8) is 0 Å². The predicted molar refractivity (Wildman–Crippen MR) is 153 cm³/mol. The minimum Gasteiger partial charge on any atom is -0.463 e. The number of carbonyl (C=O) groups is 1. The summed E-state index contributed by atoms with van der Waals surface area (Å²) >= 11 is 6.08. The van der Waals surface area contributed by atoms with Crippen molar-refractivity contribution in [2.24, 2.45) is 11.8 Å². The molecule has 5 rings (SSSR count). The van der Waals surface area contributed by atoms with Gasteiger partial charge in [0.25, 0.3) is 0 Å². The lowest BCUT2D eigenvalue weighted by molar-refractivity contribution is -0.128. The summed E-state index contributed by atoms with van der Waals surface area (Å²) in [6.45, 7) is 15.3. The minimum absolute atomic E-state index is 0.0881. The van der Waals surface area contributed by atoms with E-state index in [1.54, 1.807) is 23.1 Å². The molecule has 1 saturated heterocycles. The fourth-order valence-electron chi connectivity index (χ4n) is 5.76. The number of hydrogen-bond acceptors (Lipinski definition) is 7. The predicted octanol–water partition coefficient (Wildman–Crippen LogP) is 3.53. The zero-order chi connectivity index (χ0) is 28.4. The molecule has 1 aliphatic carbocycles. The van der Waals surface area contributed by atoms with Crippen molar-refractivity contribution in [2.75, 3.05) is 69.8 Å². The fraction of sp³-hybridized carbons (Fsp3) is 0.517. The summed E-state index contributed by atoms with van der Waals surface area (Å²) in [4.78, 5) is 33.7. The Hall–Kier alpha value is -3.42. The second-order valence-electron chi connectivity index (χ2n) is 11.0. The Morgan fingerprint density at radius 1 is 1.27 bits per heavy atom. The van der Waals surface area contributed by atoms with Crippen LogP contribution in [0.5, 0.6) is 6.01 Å². The first-order valence-corrected chi connectivity index (χ1v) is 14.0. The number of piperazine rings is 1. The van der Waals surface area contributed by atoms with E-state index in [9.17, 15) is 9.18 Å². The Morgan fingerprint density at radius 2 is 2.10 bits per heavy atom.